The average Bonchev–Trinajstić information content (AvgIpc) is 2.55. The topological polar surface area (TPSA) is 29.0 Å². The maximum absolute atomic E-state index is 13.0. The van der Waals surface area contributed by atoms with Gasteiger partial charge in [0.05, 0.1) is 0 Å². The number of aryl methyl sites for hydroxylation is 2. The van der Waals surface area contributed by atoms with Crippen LogP contribution < -0.4 is 4.90 Å². The fourth-order valence-electron chi connectivity index (χ4n) is 3.13. The molecular weight excluding hydrogens is 277 g/mol. The van der Waals surface area contributed by atoms with Crippen LogP contribution in [0.25, 0.3) is 0 Å². The predicted octanol–water partition coefficient (Wildman–Crippen LogP) is 3.87. The van der Waals surface area contributed by atoms with Crippen molar-refractivity contribution in [3.8, 4) is 0 Å². The molecule has 1 fully saturated rings. The zero-order chi connectivity index (χ0) is 15.5. The number of benzene rings is 1. The third-order valence-corrected chi connectivity index (χ3v) is 4.40. The first-order chi connectivity index (χ1) is 10.7. The first kappa shape index (κ1) is 14.9. The third-order valence-electron chi connectivity index (χ3n) is 4.40. The monoisotopic (exact) mass is 299 g/mol. The summed E-state index contributed by atoms with van der Waals surface area (Å²) in [6.07, 6.45) is 3.09. The minimum atomic E-state index is -0.162. The fraction of sp³-hybridized carbons (Fsp3) is 0.444. The summed E-state index contributed by atoms with van der Waals surface area (Å²) >= 11 is 0. The highest BCUT2D eigenvalue weighted by atomic mass is 19.1. The molecule has 0 unspecified atom stereocenters. The number of nitrogens with zero attached hydrogens (tertiary/aromatic N) is 3. The molecule has 1 aliphatic heterocycles. The van der Waals surface area contributed by atoms with E-state index in [1.807, 2.05) is 19.1 Å². The zero-order valence-corrected chi connectivity index (χ0v) is 13.2. The van der Waals surface area contributed by atoms with Crippen LogP contribution in [0.5, 0.6) is 0 Å². The standard InChI is InChI=1S/C18H22FN3/c1-3-17-12-18(21-13(2)20-17)22-10-8-15(9-11-22)14-4-6-16(19)7-5-14/h4-7,12,15H,3,8-11H2,1-2H3. The highest BCUT2D eigenvalue weighted by Gasteiger charge is 2.22. The molecule has 0 radical (unpaired) electrons. The summed E-state index contributed by atoms with van der Waals surface area (Å²) in [5.74, 6) is 2.24. The van der Waals surface area contributed by atoms with Gasteiger partial charge < -0.3 is 4.90 Å². The Morgan fingerprint density at radius 3 is 2.45 bits per heavy atom. The van der Waals surface area contributed by atoms with Crippen LogP contribution in [0.4, 0.5) is 10.2 Å². The lowest BCUT2D eigenvalue weighted by Gasteiger charge is -2.33. The van der Waals surface area contributed by atoms with Gasteiger partial charge in [-0.1, -0.05) is 19.1 Å². The summed E-state index contributed by atoms with van der Waals surface area (Å²) in [4.78, 5) is 11.4. The summed E-state index contributed by atoms with van der Waals surface area (Å²) in [5, 5.41) is 0. The number of aromatic nitrogens is 2. The summed E-state index contributed by atoms with van der Waals surface area (Å²) in [6, 6.07) is 9.05. The largest absolute Gasteiger partial charge is 0.356 e. The molecule has 0 N–H and O–H groups in total. The van der Waals surface area contributed by atoms with Crippen LogP contribution in [0, 0.1) is 12.7 Å². The third kappa shape index (κ3) is 3.26. The van der Waals surface area contributed by atoms with Crippen LogP contribution in [0.3, 0.4) is 0 Å². The van der Waals surface area contributed by atoms with Crippen molar-refractivity contribution in [3.05, 3.63) is 53.2 Å². The van der Waals surface area contributed by atoms with Crippen molar-refractivity contribution < 1.29 is 4.39 Å². The number of hydrogen-bond donors (Lipinski definition) is 0. The quantitative estimate of drug-likeness (QED) is 0.861. The van der Waals surface area contributed by atoms with Crippen molar-refractivity contribution in [2.75, 3.05) is 18.0 Å². The lowest BCUT2D eigenvalue weighted by molar-refractivity contribution is 0.501. The minimum absolute atomic E-state index is 0.162. The fourth-order valence-corrected chi connectivity index (χ4v) is 3.13. The van der Waals surface area contributed by atoms with E-state index in [9.17, 15) is 4.39 Å². The van der Waals surface area contributed by atoms with Crippen LogP contribution in [0.1, 0.15) is 42.8 Å². The Bertz CT molecular complexity index is 631. The van der Waals surface area contributed by atoms with Gasteiger partial charge in [0.1, 0.15) is 17.5 Å². The molecule has 1 aliphatic rings. The lowest BCUT2D eigenvalue weighted by Crippen LogP contribution is -2.33. The highest BCUT2D eigenvalue weighted by Crippen LogP contribution is 2.30. The molecule has 3 nitrogen and oxygen atoms in total. The predicted molar refractivity (Wildman–Crippen MR) is 86.7 cm³/mol. The van der Waals surface area contributed by atoms with Crippen molar-refractivity contribution in [1.29, 1.82) is 0 Å². The molecule has 1 aromatic heterocycles. The molecule has 1 aromatic carbocycles. The van der Waals surface area contributed by atoms with E-state index >= 15 is 0 Å². The van der Waals surface area contributed by atoms with Crippen LogP contribution in [-0.4, -0.2) is 23.1 Å². The van der Waals surface area contributed by atoms with E-state index in [1.54, 1.807) is 12.1 Å². The highest BCUT2D eigenvalue weighted by molar-refractivity contribution is 5.41. The number of piperidine rings is 1. The minimum Gasteiger partial charge on any atom is -0.356 e. The Morgan fingerprint density at radius 2 is 1.82 bits per heavy atom. The van der Waals surface area contributed by atoms with Gasteiger partial charge in [-0.05, 0) is 49.8 Å². The average molecular weight is 299 g/mol. The molecule has 0 amide bonds. The molecule has 0 spiro atoms. The van der Waals surface area contributed by atoms with Gasteiger partial charge in [-0.25, -0.2) is 14.4 Å². The molecule has 0 bridgehead atoms. The van der Waals surface area contributed by atoms with Crippen molar-refractivity contribution >= 4 is 5.82 Å². The SMILES string of the molecule is CCc1cc(N2CCC(c3ccc(F)cc3)CC2)nc(C)n1. The zero-order valence-electron chi connectivity index (χ0n) is 13.2. The van der Waals surface area contributed by atoms with Gasteiger partial charge in [-0.15, -0.1) is 0 Å². The van der Waals surface area contributed by atoms with Crippen molar-refractivity contribution in [2.45, 2.75) is 39.0 Å². The maximum Gasteiger partial charge on any atom is 0.132 e. The second-order valence-electron chi connectivity index (χ2n) is 5.93. The molecule has 116 valence electrons. The summed E-state index contributed by atoms with van der Waals surface area (Å²) in [7, 11) is 0. The second-order valence-corrected chi connectivity index (χ2v) is 5.93. The van der Waals surface area contributed by atoms with Gasteiger partial charge in [0.15, 0.2) is 0 Å². The molecule has 1 saturated heterocycles. The Morgan fingerprint density at radius 1 is 1.14 bits per heavy atom. The van der Waals surface area contributed by atoms with E-state index in [-0.39, 0.29) is 5.82 Å². The summed E-state index contributed by atoms with van der Waals surface area (Å²) in [5.41, 5.74) is 2.34. The molecule has 0 saturated carbocycles. The van der Waals surface area contributed by atoms with E-state index in [0.29, 0.717) is 5.92 Å². The first-order valence-corrected chi connectivity index (χ1v) is 8.00. The molecule has 0 atom stereocenters. The molecule has 2 heterocycles. The van der Waals surface area contributed by atoms with Gasteiger partial charge in [0, 0.05) is 24.8 Å². The van der Waals surface area contributed by atoms with Crippen LogP contribution >= 0.6 is 0 Å². The van der Waals surface area contributed by atoms with Crippen LogP contribution in [0.15, 0.2) is 30.3 Å². The van der Waals surface area contributed by atoms with E-state index in [2.05, 4.69) is 27.9 Å². The summed E-state index contributed by atoms with van der Waals surface area (Å²) in [6.45, 7) is 6.05. The molecule has 2 aromatic rings. The lowest BCUT2D eigenvalue weighted by atomic mass is 9.89. The number of halogens is 1. The first-order valence-electron chi connectivity index (χ1n) is 8.00. The van der Waals surface area contributed by atoms with Crippen molar-refractivity contribution in [3.63, 3.8) is 0 Å². The molecular formula is C18H22FN3. The van der Waals surface area contributed by atoms with E-state index < -0.39 is 0 Å². The van der Waals surface area contributed by atoms with Gasteiger partial charge in [0.25, 0.3) is 0 Å². The van der Waals surface area contributed by atoms with Crippen LogP contribution in [0.2, 0.25) is 0 Å². The second kappa shape index (κ2) is 6.42. The molecule has 0 aliphatic carbocycles. The Labute approximate surface area is 131 Å². The number of hydrogen-bond acceptors (Lipinski definition) is 3. The smallest absolute Gasteiger partial charge is 0.132 e. The Hall–Kier alpha value is -1.97. The summed E-state index contributed by atoms with van der Waals surface area (Å²) < 4.78 is 13.0. The van der Waals surface area contributed by atoms with E-state index in [1.165, 1.54) is 5.56 Å². The Balaban J connectivity index is 1.69. The van der Waals surface area contributed by atoms with Crippen molar-refractivity contribution in [2.24, 2.45) is 0 Å². The van der Waals surface area contributed by atoms with Gasteiger partial charge in [-0.3, -0.25) is 0 Å². The molecule has 3 rings (SSSR count). The number of rotatable bonds is 3. The van der Waals surface area contributed by atoms with Crippen molar-refractivity contribution in [1.82, 2.24) is 9.97 Å². The van der Waals surface area contributed by atoms with Gasteiger partial charge in [0.2, 0.25) is 0 Å². The number of anilines is 1. The van der Waals surface area contributed by atoms with Gasteiger partial charge >= 0.3 is 0 Å². The van der Waals surface area contributed by atoms with Gasteiger partial charge in [-0.2, -0.15) is 0 Å². The van der Waals surface area contributed by atoms with E-state index in [0.717, 1.165) is 49.7 Å². The van der Waals surface area contributed by atoms with E-state index in [4.69, 9.17) is 0 Å². The Kier molecular flexibility index (Phi) is 4.36. The van der Waals surface area contributed by atoms with Crippen LogP contribution in [-0.2, 0) is 6.42 Å². The maximum atomic E-state index is 13.0. The molecule has 22 heavy (non-hydrogen) atoms. The normalized spacial score (nSPS) is 16.0. The molecule has 4 heteroatoms.